The molecule has 0 heterocycles. The first kappa shape index (κ1) is 14.6. The topological polar surface area (TPSA) is 26.3 Å². The Morgan fingerprint density at radius 2 is 1.74 bits per heavy atom. The van der Waals surface area contributed by atoms with Gasteiger partial charge in [0.05, 0.1) is 12.1 Å². The zero-order chi connectivity index (χ0) is 14.0. The standard InChI is InChI=1S/C14H9Br2ClO2/c1-19-11-2-3-12(13(17)7-11)14(18)8-4-9(15)6-10(16)5-8/h2-7H,1H3. The fraction of sp³-hybridized carbons (Fsp3) is 0.0714. The molecule has 2 rings (SSSR count). The fourth-order valence-corrected chi connectivity index (χ4v) is 3.20. The maximum absolute atomic E-state index is 12.4. The molecule has 2 nitrogen and oxygen atoms in total. The number of halogens is 3. The summed E-state index contributed by atoms with van der Waals surface area (Å²) in [7, 11) is 1.55. The van der Waals surface area contributed by atoms with E-state index in [1.165, 1.54) is 0 Å². The molecule has 0 atom stereocenters. The van der Waals surface area contributed by atoms with E-state index in [4.69, 9.17) is 16.3 Å². The van der Waals surface area contributed by atoms with Gasteiger partial charge < -0.3 is 4.74 Å². The molecule has 0 amide bonds. The van der Waals surface area contributed by atoms with Crippen LogP contribution >= 0.6 is 43.5 Å². The van der Waals surface area contributed by atoms with Crippen molar-refractivity contribution in [2.75, 3.05) is 7.11 Å². The molecule has 0 saturated heterocycles. The summed E-state index contributed by atoms with van der Waals surface area (Å²) >= 11 is 12.8. The monoisotopic (exact) mass is 402 g/mol. The lowest BCUT2D eigenvalue weighted by molar-refractivity contribution is 0.103. The molecular formula is C14H9Br2ClO2. The Hall–Kier alpha value is -0.840. The summed E-state index contributed by atoms with van der Waals surface area (Å²) in [5.74, 6) is 0.492. The van der Waals surface area contributed by atoms with Crippen molar-refractivity contribution in [1.29, 1.82) is 0 Å². The molecule has 2 aromatic rings. The van der Waals surface area contributed by atoms with Crippen molar-refractivity contribution in [3.05, 3.63) is 61.5 Å². The lowest BCUT2D eigenvalue weighted by atomic mass is 10.0. The number of methoxy groups -OCH3 is 1. The first-order valence-corrected chi connectivity index (χ1v) is 7.32. The molecule has 0 aliphatic heterocycles. The van der Waals surface area contributed by atoms with Crippen molar-refractivity contribution >= 4 is 49.2 Å². The van der Waals surface area contributed by atoms with Gasteiger partial charge in [-0.1, -0.05) is 43.5 Å². The van der Waals surface area contributed by atoms with Gasteiger partial charge in [-0.05, 0) is 36.4 Å². The number of hydrogen-bond donors (Lipinski definition) is 0. The van der Waals surface area contributed by atoms with Crippen molar-refractivity contribution in [2.45, 2.75) is 0 Å². The van der Waals surface area contributed by atoms with Crippen molar-refractivity contribution in [2.24, 2.45) is 0 Å². The number of benzene rings is 2. The maximum atomic E-state index is 12.4. The lowest BCUT2D eigenvalue weighted by Gasteiger charge is -2.07. The number of carbonyl (C=O) groups excluding carboxylic acids is 1. The highest BCUT2D eigenvalue weighted by molar-refractivity contribution is 9.11. The lowest BCUT2D eigenvalue weighted by Crippen LogP contribution is -2.02. The minimum Gasteiger partial charge on any atom is -0.497 e. The second-order valence-corrected chi connectivity index (χ2v) is 6.07. The predicted octanol–water partition coefficient (Wildman–Crippen LogP) is 5.10. The average molecular weight is 404 g/mol. The fourth-order valence-electron chi connectivity index (χ4n) is 1.65. The zero-order valence-electron chi connectivity index (χ0n) is 9.91. The molecule has 0 aromatic heterocycles. The Kier molecular flexibility index (Phi) is 4.66. The van der Waals surface area contributed by atoms with Crippen LogP contribution in [0.15, 0.2) is 45.3 Å². The number of hydrogen-bond acceptors (Lipinski definition) is 2. The van der Waals surface area contributed by atoms with E-state index in [-0.39, 0.29) is 5.78 Å². The molecule has 0 fully saturated rings. The minimum atomic E-state index is -0.130. The molecule has 0 aliphatic carbocycles. The van der Waals surface area contributed by atoms with Crippen molar-refractivity contribution < 1.29 is 9.53 Å². The minimum absolute atomic E-state index is 0.130. The van der Waals surface area contributed by atoms with Crippen molar-refractivity contribution in [1.82, 2.24) is 0 Å². The normalized spacial score (nSPS) is 10.3. The SMILES string of the molecule is COc1ccc(C(=O)c2cc(Br)cc(Br)c2)c(Cl)c1. The highest BCUT2D eigenvalue weighted by atomic mass is 79.9. The van der Waals surface area contributed by atoms with Gasteiger partial charge in [-0.3, -0.25) is 4.79 Å². The molecule has 0 spiro atoms. The smallest absolute Gasteiger partial charge is 0.194 e. The molecule has 0 unspecified atom stereocenters. The van der Waals surface area contributed by atoms with Crippen LogP contribution in [0.25, 0.3) is 0 Å². The van der Waals surface area contributed by atoms with E-state index in [0.29, 0.717) is 21.9 Å². The third-order valence-corrected chi connectivity index (χ3v) is 3.77. The summed E-state index contributed by atoms with van der Waals surface area (Å²) in [6.07, 6.45) is 0. The second kappa shape index (κ2) is 6.07. The van der Waals surface area contributed by atoms with E-state index in [0.717, 1.165) is 8.95 Å². The second-order valence-electron chi connectivity index (χ2n) is 3.83. The highest BCUT2D eigenvalue weighted by Gasteiger charge is 2.14. The molecule has 0 saturated carbocycles. The van der Waals surface area contributed by atoms with E-state index in [1.807, 2.05) is 6.07 Å². The van der Waals surface area contributed by atoms with E-state index in [2.05, 4.69) is 31.9 Å². The molecule has 19 heavy (non-hydrogen) atoms. The summed E-state index contributed by atoms with van der Waals surface area (Å²) in [5.41, 5.74) is 1.01. The van der Waals surface area contributed by atoms with Crippen LogP contribution in [0.2, 0.25) is 5.02 Å². The summed E-state index contributed by atoms with van der Waals surface area (Å²) in [6, 6.07) is 10.4. The number of rotatable bonds is 3. The van der Waals surface area contributed by atoms with Crippen LogP contribution in [0.1, 0.15) is 15.9 Å². The highest BCUT2D eigenvalue weighted by Crippen LogP contribution is 2.27. The van der Waals surface area contributed by atoms with Crippen LogP contribution < -0.4 is 4.74 Å². The summed E-state index contributed by atoms with van der Waals surface area (Å²) in [4.78, 5) is 12.4. The molecular weight excluding hydrogens is 395 g/mol. The van der Waals surface area contributed by atoms with Crippen LogP contribution in [0.4, 0.5) is 0 Å². The largest absolute Gasteiger partial charge is 0.497 e. The van der Waals surface area contributed by atoms with Crippen LogP contribution in [-0.4, -0.2) is 12.9 Å². The van der Waals surface area contributed by atoms with Gasteiger partial charge in [0.2, 0.25) is 0 Å². The Labute approximate surface area is 133 Å². The molecule has 0 radical (unpaired) electrons. The van der Waals surface area contributed by atoms with Gasteiger partial charge in [0.25, 0.3) is 0 Å². The van der Waals surface area contributed by atoms with Gasteiger partial charge >= 0.3 is 0 Å². The van der Waals surface area contributed by atoms with Gasteiger partial charge in [0.15, 0.2) is 5.78 Å². The summed E-state index contributed by atoms with van der Waals surface area (Å²) in [6.45, 7) is 0. The van der Waals surface area contributed by atoms with Crippen LogP contribution in [0.3, 0.4) is 0 Å². The quantitative estimate of drug-likeness (QED) is 0.665. The van der Waals surface area contributed by atoms with E-state index < -0.39 is 0 Å². The molecule has 0 aliphatic rings. The van der Waals surface area contributed by atoms with E-state index in [9.17, 15) is 4.79 Å². The number of carbonyl (C=O) groups is 1. The Bertz CT molecular complexity index is 621. The third-order valence-electron chi connectivity index (χ3n) is 2.55. The third kappa shape index (κ3) is 3.38. The first-order valence-electron chi connectivity index (χ1n) is 5.35. The van der Waals surface area contributed by atoms with Crippen molar-refractivity contribution in [3.63, 3.8) is 0 Å². The van der Waals surface area contributed by atoms with Gasteiger partial charge in [-0.25, -0.2) is 0 Å². The zero-order valence-corrected chi connectivity index (χ0v) is 13.8. The number of ether oxygens (including phenoxy) is 1. The maximum Gasteiger partial charge on any atom is 0.194 e. The van der Waals surface area contributed by atoms with Crippen LogP contribution in [0, 0.1) is 0 Å². The van der Waals surface area contributed by atoms with Gasteiger partial charge in [-0.15, -0.1) is 0 Å². The summed E-state index contributed by atoms with van der Waals surface area (Å²) in [5, 5.41) is 0.375. The summed E-state index contributed by atoms with van der Waals surface area (Å²) < 4.78 is 6.72. The van der Waals surface area contributed by atoms with Crippen molar-refractivity contribution in [3.8, 4) is 5.75 Å². The Balaban J connectivity index is 2.44. The molecule has 98 valence electrons. The number of ketones is 1. The first-order chi connectivity index (χ1) is 9.01. The molecule has 0 bridgehead atoms. The van der Waals surface area contributed by atoms with E-state index in [1.54, 1.807) is 37.4 Å². The Morgan fingerprint density at radius 3 is 2.26 bits per heavy atom. The molecule has 5 heteroatoms. The van der Waals surface area contributed by atoms with Gasteiger partial charge in [0, 0.05) is 20.1 Å². The predicted molar refractivity (Wildman–Crippen MR) is 83.3 cm³/mol. The average Bonchev–Trinajstić information content (AvgIpc) is 2.36. The van der Waals surface area contributed by atoms with Gasteiger partial charge in [0.1, 0.15) is 5.75 Å². The molecule has 2 aromatic carbocycles. The molecule has 0 N–H and O–H groups in total. The van der Waals surface area contributed by atoms with E-state index >= 15 is 0 Å². The Morgan fingerprint density at radius 1 is 1.11 bits per heavy atom. The van der Waals surface area contributed by atoms with Crippen LogP contribution in [-0.2, 0) is 0 Å². The van der Waals surface area contributed by atoms with Gasteiger partial charge in [-0.2, -0.15) is 0 Å². The van der Waals surface area contributed by atoms with Crippen LogP contribution in [0.5, 0.6) is 5.75 Å².